The van der Waals surface area contributed by atoms with Gasteiger partial charge < -0.3 is 14.7 Å². The van der Waals surface area contributed by atoms with Crippen LogP contribution >= 0.6 is 0 Å². The van der Waals surface area contributed by atoms with Crippen molar-refractivity contribution in [2.45, 2.75) is 6.42 Å². The number of carboxylic acids is 1. The topological polar surface area (TPSA) is 66.8 Å². The second-order valence-corrected chi connectivity index (χ2v) is 6.42. The highest BCUT2D eigenvalue weighted by atomic mass is 32.2. The van der Waals surface area contributed by atoms with Crippen LogP contribution in [0.3, 0.4) is 0 Å². The molecule has 6 heteroatoms. The molecule has 1 aliphatic heterocycles. The van der Waals surface area contributed by atoms with E-state index < -0.39 is 16.8 Å². The largest absolute Gasteiger partial charge is 0.494 e. The van der Waals surface area contributed by atoms with Gasteiger partial charge in [0.1, 0.15) is 5.75 Å². The molecule has 0 bridgehead atoms. The Labute approximate surface area is 121 Å². The first-order valence-corrected chi connectivity index (χ1v) is 8.17. The van der Waals surface area contributed by atoms with Gasteiger partial charge in [-0.1, -0.05) is 6.07 Å². The van der Waals surface area contributed by atoms with Crippen molar-refractivity contribution in [1.82, 2.24) is 4.90 Å². The first-order valence-electron chi connectivity index (χ1n) is 6.68. The predicted molar refractivity (Wildman–Crippen MR) is 77.8 cm³/mol. The van der Waals surface area contributed by atoms with E-state index in [-0.39, 0.29) is 5.56 Å². The number of carboxylic acid groups (broad SMARTS) is 1. The summed E-state index contributed by atoms with van der Waals surface area (Å²) in [7, 11) is -0.634. The average molecular weight is 297 g/mol. The maximum Gasteiger partial charge on any atom is 0.335 e. The highest BCUT2D eigenvalue weighted by Crippen LogP contribution is 2.13. The maximum atomic E-state index is 11.2. The SMILES string of the molecule is O=C(O)c1cccc(OCCCN2CCS(=O)CC2)c1. The lowest BCUT2D eigenvalue weighted by atomic mass is 10.2. The standard InChI is InChI=1S/C14H19NO4S/c16-14(17)12-3-1-4-13(11-12)19-8-2-5-15-6-9-20(18)10-7-15/h1,3-4,11H,2,5-10H2,(H,16,17). The lowest BCUT2D eigenvalue weighted by Crippen LogP contribution is -2.38. The summed E-state index contributed by atoms with van der Waals surface area (Å²) >= 11 is 0. The van der Waals surface area contributed by atoms with Crippen LogP contribution in [0.5, 0.6) is 5.75 Å². The molecule has 0 radical (unpaired) electrons. The minimum absolute atomic E-state index is 0.237. The molecular weight excluding hydrogens is 278 g/mol. The number of carbonyl (C=O) groups is 1. The quantitative estimate of drug-likeness (QED) is 0.800. The van der Waals surface area contributed by atoms with Crippen LogP contribution in [0.25, 0.3) is 0 Å². The number of ether oxygens (including phenoxy) is 1. The van der Waals surface area contributed by atoms with Crippen LogP contribution in [0.2, 0.25) is 0 Å². The van der Waals surface area contributed by atoms with Crippen LogP contribution in [0.1, 0.15) is 16.8 Å². The van der Waals surface area contributed by atoms with Gasteiger partial charge in [-0.25, -0.2) is 4.79 Å². The highest BCUT2D eigenvalue weighted by Gasteiger charge is 2.14. The highest BCUT2D eigenvalue weighted by molar-refractivity contribution is 7.85. The Morgan fingerprint density at radius 2 is 2.10 bits per heavy atom. The summed E-state index contributed by atoms with van der Waals surface area (Å²) < 4.78 is 16.8. The van der Waals surface area contributed by atoms with Gasteiger partial charge in [0, 0.05) is 41.9 Å². The van der Waals surface area contributed by atoms with E-state index in [1.54, 1.807) is 18.2 Å². The Morgan fingerprint density at radius 1 is 1.35 bits per heavy atom. The van der Waals surface area contributed by atoms with E-state index in [2.05, 4.69) is 4.90 Å². The fraction of sp³-hybridized carbons (Fsp3) is 0.500. The number of benzene rings is 1. The average Bonchev–Trinajstić information content (AvgIpc) is 2.46. The normalized spacial score (nSPS) is 17.0. The molecule has 110 valence electrons. The molecule has 1 heterocycles. The lowest BCUT2D eigenvalue weighted by molar-refractivity contribution is 0.0696. The summed E-state index contributed by atoms with van der Waals surface area (Å²) in [6.45, 7) is 3.26. The van der Waals surface area contributed by atoms with Crippen molar-refractivity contribution in [3.05, 3.63) is 29.8 Å². The first-order chi connectivity index (χ1) is 9.65. The van der Waals surface area contributed by atoms with Gasteiger partial charge in [-0.05, 0) is 24.6 Å². The Hall–Kier alpha value is -1.40. The number of hydrogen-bond donors (Lipinski definition) is 1. The van der Waals surface area contributed by atoms with Crippen LogP contribution in [-0.4, -0.2) is 57.9 Å². The Balaban J connectivity index is 1.69. The summed E-state index contributed by atoms with van der Waals surface area (Å²) in [5.41, 5.74) is 0.237. The van der Waals surface area contributed by atoms with E-state index in [1.165, 1.54) is 6.07 Å². The summed E-state index contributed by atoms with van der Waals surface area (Å²) in [5, 5.41) is 8.89. The molecule has 0 aromatic heterocycles. The minimum Gasteiger partial charge on any atom is -0.494 e. The predicted octanol–water partition coefficient (Wildman–Crippen LogP) is 1.22. The first kappa shape index (κ1) is 15.0. The van der Waals surface area contributed by atoms with Gasteiger partial charge in [-0.3, -0.25) is 4.21 Å². The third kappa shape index (κ3) is 4.61. The van der Waals surface area contributed by atoms with E-state index in [0.717, 1.165) is 37.6 Å². The molecule has 0 aliphatic carbocycles. The third-order valence-corrected chi connectivity index (χ3v) is 4.51. The van der Waals surface area contributed by atoms with Gasteiger partial charge in [0.25, 0.3) is 0 Å². The molecule has 1 aromatic rings. The Morgan fingerprint density at radius 3 is 2.80 bits per heavy atom. The smallest absolute Gasteiger partial charge is 0.335 e. The van der Waals surface area contributed by atoms with Crippen LogP contribution in [0, 0.1) is 0 Å². The van der Waals surface area contributed by atoms with E-state index in [1.807, 2.05) is 0 Å². The van der Waals surface area contributed by atoms with E-state index in [0.29, 0.717) is 12.4 Å². The molecular formula is C14H19NO4S. The number of hydrogen-bond acceptors (Lipinski definition) is 4. The van der Waals surface area contributed by atoms with Gasteiger partial charge in [-0.15, -0.1) is 0 Å². The Kier molecular flexibility index (Phi) is 5.55. The van der Waals surface area contributed by atoms with Crippen molar-refractivity contribution in [1.29, 1.82) is 0 Å². The van der Waals surface area contributed by atoms with Gasteiger partial charge in [-0.2, -0.15) is 0 Å². The molecule has 1 N–H and O–H groups in total. The Bertz CT molecular complexity index is 482. The summed E-state index contributed by atoms with van der Waals surface area (Å²) in [6.07, 6.45) is 0.879. The van der Waals surface area contributed by atoms with Crippen molar-refractivity contribution >= 4 is 16.8 Å². The van der Waals surface area contributed by atoms with E-state index in [9.17, 15) is 9.00 Å². The zero-order chi connectivity index (χ0) is 14.4. The van der Waals surface area contributed by atoms with Crippen LogP contribution in [0.15, 0.2) is 24.3 Å². The third-order valence-electron chi connectivity index (χ3n) is 3.24. The zero-order valence-corrected chi connectivity index (χ0v) is 12.1. The van der Waals surface area contributed by atoms with Crippen molar-refractivity contribution in [3.63, 3.8) is 0 Å². The molecule has 1 saturated heterocycles. The van der Waals surface area contributed by atoms with Crippen LogP contribution in [-0.2, 0) is 10.8 Å². The molecule has 0 unspecified atom stereocenters. The summed E-state index contributed by atoms with van der Waals surface area (Å²) in [4.78, 5) is 13.1. The minimum atomic E-state index is -0.947. The van der Waals surface area contributed by atoms with Gasteiger partial charge in [0.15, 0.2) is 0 Å². The molecule has 0 saturated carbocycles. The van der Waals surface area contributed by atoms with Gasteiger partial charge in [0.05, 0.1) is 12.2 Å². The molecule has 1 fully saturated rings. The summed E-state index contributed by atoms with van der Waals surface area (Å²) in [5.74, 6) is 1.17. The monoisotopic (exact) mass is 297 g/mol. The summed E-state index contributed by atoms with van der Waals surface area (Å²) in [6, 6.07) is 6.52. The van der Waals surface area contributed by atoms with Crippen LogP contribution < -0.4 is 4.74 Å². The second kappa shape index (κ2) is 7.40. The maximum absolute atomic E-state index is 11.2. The van der Waals surface area contributed by atoms with Crippen molar-refractivity contribution in [2.24, 2.45) is 0 Å². The fourth-order valence-corrected chi connectivity index (χ4v) is 3.22. The molecule has 5 nitrogen and oxygen atoms in total. The van der Waals surface area contributed by atoms with Crippen molar-refractivity contribution in [3.8, 4) is 5.75 Å². The van der Waals surface area contributed by atoms with Crippen molar-refractivity contribution in [2.75, 3.05) is 37.7 Å². The van der Waals surface area contributed by atoms with Gasteiger partial charge in [0.2, 0.25) is 0 Å². The number of rotatable bonds is 6. The van der Waals surface area contributed by atoms with E-state index in [4.69, 9.17) is 9.84 Å². The number of aromatic carboxylic acids is 1. The van der Waals surface area contributed by atoms with Crippen molar-refractivity contribution < 1.29 is 18.8 Å². The molecule has 0 spiro atoms. The lowest BCUT2D eigenvalue weighted by Gasteiger charge is -2.25. The van der Waals surface area contributed by atoms with E-state index >= 15 is 0 Å². The molecule has 2 rings (SSSR count). The second-order valence-electron chi connectivity index (χ2n) is 4.72. The molecule has 0 atom stereocenters. The molecule has 1 aromatic carbocycles. The van der Waals surface area contributed by atoms with Gasteiger partial charge >= 0.3 is 5.97 Å². The fourth-order valence-electron chi connectivity index (χ4n) is 2.10. The number of nitrogens with zero attached hydrogens (tertiary/aromatic N) is 1. The zero-order valence-electron chi connectivity index (χ0n) is 11.3. The van der Waals surface area contributed by atoms with Crippen LogP contribution in [0.4, 0.5) is 0 Å². The molecule has 20 heavy (non-hydrogen) atoms. The molecule has 1 aliphatic rings. The molecule has 0 amide bonds.